The van der Waals surface area contributed by atoms with Crippen LogP contribution in [0.4, 0.5) is 15.2 Å². The minimum atomic E-state index is -0.538. The summed E-state index contributed by atoms with van der Waals surface area (Å²) in [4.78, 5) is 49.2. The number of nitrogens with zero attached hydrogens (tertiary/aromatic N) is 6. The molecule has 3 aromatic rings. The Morgan fingerprint density at radius 3 is 2.33 bits per heavy atom. The van der Waals surface area contributed by atoms with Gasteiger partial charge in [-0.2, -0.15) is 0 Å². The van der Waals surface area contributed by atoms with Gasteiger partial charge in [-0.15, -0.1) is 0 Å². The van der Waals surface area contributed by atoms with E-state index in [1.165, 1.54) is 35.1 Å². The van der Waals surface area contributed by atoms with E-state index in [1.807, 2.05) is 0 Å². The molecule has 2 aromatic heterocycles. The van der Waals surface area contributed by atoms with Gasteiger partial charge in [-0.1, -0.05) is 11.3 Å². The smallest absolute Gasteiger partial charge is 0.332 e. The topological polar surface area (TPSA) is 83.7 Å². The number of hydrogen-bond donors (Lipinski definition) is 0. The molecular weight excluding hydrogens is 447 g/mol. The molecular formula is C22H25FN6O3S. The van der Waals surface area contributed by atoms with Crippen LogP contribution in [0, 0.1) is 5.82 Å². The van der Waals surface area contributed by atoms with Gasteiger partial charge in [-0.05, 0) is 37.1 Å². The second-order valence-electron chi connectivity index (χ2n) is 8.42. The van der Waals surface area contributed by atoms with E-state index in [1.54, 1.807) is 17.0 Å². The minimum absolute atomic E-state index is 0.164. The molecule has 174 valence electrons. The Kier molecular flexibility index (Phi) is 5.65. The number of hydrogen-bond acceptors (Lipinski definition) is 7. The van der Waals surface area contributed by atoms with Gasteiger partial charge in [-0.25, -0.2) is 14.2 Å². The number of benzene rings is 1. The zero-order chi connectivity index (χ0) is 23.1. The van der Waals surface area contributed by atoms with Crippen LogP contribution in [0.1, 0.15) is 12.8 Å². The van der Waals surface area contributed by atoms with Gasteiger partial charge in [0.15, 0.2) is 10.8 Å². The quantitative estimate of drug-likeness (QED) is 0.568. The van der Waals surface area contributed by atoms with E-state index in [4.69, 9.17) is 0 Å². The van der Waals surface area contributed by atoms with Gasteiger partial charge in [0.1, 0.15) is 17.1 Å². The first kappa shape index (κ1) is 21.6. The zero-order valence-corrected chi connectivity index (χ0v) is 19.2. The van der Waals surface area contributed by atoms with Gasteiger partial charge in [0.05, 0.1) is 0 Å². The summed E-state index contributed by atoms with van der Waals surface area (Å²) in [5.74, 6) is -0.469. The molecule has 2 fully saturated rings. The maximum atomic E-state index is 13.2. The lowest BCUT2D eigenvalue weighted by molar-refractivity contribution is -0.132. The summed E-state index contributed by atoms with van der Waals surface area (Å²) in [6.07, 6.45) is 2.15. The lowest BCUT2D eigenvalue weighted by Gasteiger charge is -2.36. The number of carbonyl (C=O) groups excluding carboxylic acids is 1. The fourth-order valence-electron chi connectivity index (χ4n) is 4.42. The van der Waals surface area contributed by atoms with Crippen molar-refractivity contribution in [3.8, 4) is 0 Å². The van der Waals surface area contributed by atoms with Crippen molar-refractivity contribution in [2.24, 2.45) is 7.05 Å². The van der Waals surface area contributed by atoms with Gasteiger partial charge in [0.2, 0.25) is 5.91 Å². The molecule has 0 atom stereocenters. The van der Waals surface area contributed by atoms with Gasteiger partial charge in [0, 0.05) is 52.0 Å². The maximum Gasteiger partial charge on any atom is 0.332 e. The van der Waals surface area contributed by atoms with E-state index in [2.05, 4.69) is 14.8 Å². The third kappa shape index (κ3) is 4.01. The molecule has 4 heterocycles. The Hall–Kier alpha value is -3.21. The number of carbonyl (C=O) groups is 1. The summed E-state index contributed by atoms with van der Waals surface area (Å²) < 4.78 is 16.0. The summed E-state index contributed by atoms with van der Waals surface area (Å²) in [6, 6.07) is 6.31. The molecule has 11 heteroatoms. The SMILES string of the molecule is Cn1c(=O)c2sc(N3CCCC3)nc2n(CC(=O)N2CCN(c3ccc(F)cc3)CC2)c1=O. The first-order valence-electron chi connectivity index (χ1n) is 11.1. The Bertz CT molecular complexity index is 1300. The summed E-state index contributed by atoms with van der Waals surface area (Å²) in [5, 5.41) is 0.722. The Morgan fingerprint density at radius 2 is 1.67 bits per heavy atom. The highest BCUT2D eigenvalue weighted by molar-refractivity contribution is 7.22. The monoisotopic (exact) mass is 472 g/mol. The average molecular weight is 473 g/mol. The summed E-state index contributed by atoms with van der Waals surface area (Å²) in [5.41, 5.74) is 0.281. The van der Waals surface area contributed by atoms with Crippen LogP contribution in [0.2, 0.25) is 0 Å². The van der Waals surface area contributed by atoms with Crippen LogP contribution in [0.15, 0.2) is 33.9 Å². The third-order valence-electron chi connectivity index (χ3n) is 6.36. The first-order chi connectivity index (χ1) is 15.9. The van der Waals surface area contributed by atoms with Crippen LogP contribution < -0.4 is 21.0 Å². The molecule has 0 bridgehead atoms. The Labute approximate surface area is 193 Å². The number of aromatic nitrogens is 3. The van der Waals surface area contributed by atoms with E-state index in [0.29, 0.717) is 30.9 Å². The lowest BCUT2D eigenvalue weighted by Crippen LogP contribution is -2.50. The molecule has 0 aliphatic carbocycles. The molecule has 0 N–H and O–H groups in total. The summed E-state index contributed by atoms with van der Waals surface area (Å²) in [7, 11) is 1.43. The van der Waals surface area contributed by atoms with Gasteiger partial charge in [-0.3, -0.25) is 18.7 Å². The molecule has 5 rings (SSSR count). The second-order valence-corrected chi connectivity index (χ2v) is 9.40. The molecule has 2 aliphatic rings. The number of amides is 1. The highest BCUT2D eigenvalue weighted by Gasteiger charge is 2.25. The number of anilines is 2. The van der Waals surface area contributed by atoms with E-state index in [0.717, 1.165) is 41.3 Å². The van der Waals surface area contributed by atoms with Crippen molar-refractivity contribution < 1.29 is 9.18 Å². The van der Waals surface area contributed by atoms with Crippen molar-refractivity contribution in [2.45, 2.75) is 19.4 Å². The average Bonchev–Trinajstić information content (AvgIpc) is 3.51. The molecule has 2 saturated heterocycles. The molecule has 2 aliphatic heterocycles. The van der Waals surface area contributed by atoms with E-state index in [-0.39, 0.29) is 29.5 Å². The molecule has 9 nitrogen and oxygen atoms in total. The second kappa shape index (κ2) is 8.62. The van der Waals surface area contributed by atoms with Crippen molar-refractivity contribution in [1.82, 2.24) is 19.0 Å². The van der Waals surface area contributed by atoms with Crippen LogP contribution in [-0.4, -0.2) is 64.2 Å². The van der Waals surface area contributed by atoms with Gasteiger partial charge < -0.3 is 14.7 Å². The number of piperazine rings is 1. The molecule has 0 radical (unpaired) electrons. The third-order valence-corrected chi connectivity index (χ3v) is 7.46. The molecule has 1 aromatic carbocycles. The zero-order valence-electron chi connectivity index (χ0n) is 18.4. The molecule has 0 spiro atoms. The number of fused-ring (bicyclic) bond motifs is 1. The van der Waals surface area contributed by atoms with Gasteiger partial charge >= 0.3 is 5.69 Å². The molecule has 0 saturated carbocycles. The van der Waals surface area contributed by atoms with Crippen molar-refractivity contribution in [3.63, 3.8) is 0 Å². The molecule has 0 unspecified atom stereocenters. The van der Waals surface area contributed by atoms with Crippen molar-refractivity contribution in [2.75, 3.05) is 49.1 Å². The van der Waals surface area contributed by atoms with E-state index in [9.17, 15) is 18.8 Å². The molecule has 33 heavy (non-hydrogen) atoms. The predicted octanol–water partition coefficient (Wildman–Crippen LogP) is 1.24. The summed E-state index contributed by atoms with van der Waals surface area (Å²) in [6.45, 7) is 3.81. The first-order valence-corrected chi connectivity index (χ1v) is 11.9. The highest BCUT2D eigenvalue weighted by atomic mass is 32.1. The maximum absolute atomic E-state index is 13.2. The van der Waals surface area contributed by atoms with Crippen molar-refractivity contribution >= 4 is 38.4 Å². The fraction of sp³-hybridized carbons (Fsp3) is 0.455. The predicted molar refractivity (Wildman–Crippen MR) is 126 cm³/mol. The Balaban J connectivity index is 1.36. The lowest BCUT2D eigenvalue weighted by atomic mass is 10.2. The molecule has 1 amide bonds. The van der Waals surface area contributed by atoms with Crippen LogP contribution >= 0.6 is 11.3 Å². The van der Waals surface area contributed by atoms with Crippen molar-refractivity contribution in [1.29, 1.82) is 0 Å². The van der Waals surface area contributed by atoms with Crippen molar-refractivity contribution in [3.05, 3.63) is 50.9 Å². The Morgan fingerprint density at radius 1 is 1.00 bits per heavy atom. The van der Waals surface area contributed by atoms with Crippen LogP contribution in [0.3, 0.4) is 0 Å². The minimum Gasteiger partial charge on any atom is -0.368 e. The van der Waals surface area contributed by atoms with Crippen LogP contribution in [0.5, 0.6) is 0 Å². The highest BCUT2D eigenvalue weighted by Crippen LogP contribution is 2.28. The fourth-order valence-corrected chi connectivity index (χ4v) is 5.52. The van der Waals surface area contributed by atoms with E-state index < -0.39 is 5.69 Å². The summed E-state index contributed by atoms with van der Waals surface area (Å²) >= 11 is 1.28. The largest absolute Gasteiger partial charge is 0.368 e. The van der Waals surface area contributed by atoms with Crippen LogP contribution in [-0.2, 0) is 18.4 Å². The normalized spacial score (nSPS) is 16.7. The number of rotatable bonds is 4. The van der Waals surface area contributed by atoms with Gasteiger partial charge in [0.25, 0.3) is 5.56 Å². The standard InChI is InChI=1S/C22H25FN6O3S/c1-25-20(31)18-19(24-21(33-18)28-8-2-3-9-28)29(22(25)32)14-17(30)27-12-10-26(11-13-27)16-6-4-15(23)5-7-16/h4-7H,2-3,8-14H2,1H3. The number of thiazole rings is 1. The van der Waals surface area contributed by atoms with E-state index >= 15 is 0 Å². The number of halogens is 1. The van der Waals surface area contributed by atoms with Crippen LogP contribution in [0.25, 0.3) is 10.3 Å².